The van der Waals surface area contributed by atoms with Gasteiger partial charge in [-0.25, -0.2) is 0 Å². The molecule has 0 aromatic heterocycles. The van der Waals surface area contributed by atoms with Crippen LogP contribution in [0.4, 0.5) is 0 Å². The summed E-state index contributed by atoms with van der Waals surface area (Å²) in [6, 6.07) is 3.47. The van der Waals surface area contributed by atoms with Crippen LogP contribution in [0.5, 0.6) is 5.75 Å². The van der Waals surface area contributed by atoms with Gasteiger partial charge in [0.15, 0.2) is 0 Å². The molecule has 0 aliphatic rings. The number of phenols is 1. The first kappa shape index (κ1) is 8.83. The molecule has 1 unspecified atom stereocenters. The number of hydrogen-bond donors (Lipinski definition) is 1. The average molecular weight is 189 g/mol. The monoisotopic (exact) mass is 188 g/mol. The van der Waals surface area contributed by atoms with E-state index >= 15 is 0 Å². The van der Waals surface area contributed by atoms with Crippen molar-refractivity contribution in [3.05, 3.63) is 28.3 Å². The lowest BCUT2D eigenvalue weighted by Gasteiger charge is -2.03. The molecular formula is C8H10ClOP. The Balaban J connectivity index is 3.21. The zero-order valence-corrected chi connectivity index (χ0v) is 8.17. The lowest BCUT2D eigenvalue weighted by molar-refractivity contribution is 0.470. The van der Waals surface area contributed by atoms with E-state index in [-0.39, 0.29) is 0 Å². The molecular weight excluding hydrogens is 179 g/mol. The number of benzene rings is 1. The minimum atomic E-state index is 0.321. The molecule has 60 valence electrons. The molecule has 0 aliphatic carbocycles. The standard InChI is InChI=1S/C8H10ClOP/c1-5-2-8(10)6(4-11)3-7(5)9/h2-3,10H,4,11H2,1H3. The Kier molecular flexibility index (Phi) is 2.75. The summed E-state index contributed by atoms with van der Waals surface area (Å²) >= 11 is 5.84. The SMILES string of the molecule is Cc1cc(O)c(CP)cc1Cl. The number of phenolic OH excluding ortho intramolecular Hbond substituents is 1. The van der Waals surface area contributed by atoms with E-state index in [0.717, 1.165) is 17.3 Å². The molecule has 0 fully saturated rings. The van der Waals surface area contributed by atoms with E-state index in [2.05, 4.69) is 9.24 Å². The van der Waals surface area contributed by atoms with Crippen molar-refractivity contribution in [3.8, 4) is 5.75 Å². The molecule has 11 heavy (non-hydrogen) atoms. The lowest BCUT2D eigenvalue weighted by Crippen LogP contribution is -1.82. The van der Waals surface area contributed by atoms with Crippen LogP contribution in [0.2, 0.25) is 5.02 Å². The van der Waals surface area contributed by atoms with Crippen LogP contribution in [-0.4, -0.2) is 5.11 Å². The molecule has 0 saturated carbocycles. The summed E-state index contributed by atoms with van der Waals surface area (Å²) in [6.45, 7) is 1.87. The molecule has 3 heteroatoms. The molecule has 0 amide bonds. The van der Waals surface area contributed by atoms with Crippen molar-refractivity contribution in [1.29, 1.82) is 0 Å². The normalized spacial score (nSPS) is 10.1. The van der Waals surface area contributed by atoms with Crippen LogP contribution in [0.1, 0.15) is 11.1 Å². The smallest absolute Gasteiger partial charge is 0.119 e. The van der Waals surface area contributed by atoms with Crippen LogP contribution in [0.15, 0.2) is 12.1 Å². The summed E-state index contributed by atoms with van der Waals surface area (Å²) in [5.74, 6) is 0.321. The molecule has 0 aliphatic heterocycles. The fraction of sp³-hybridized carbons (Fsp3) is 0.250. The minimum Gasteiger partial charge on any atom is -0.508 e. The molecule has 0 spiro atoms. The fourth-order valence-electron chi connectivity index (χ4n) is 0.871. The van der Waals surface area contributed by atoms with Crippen molar-refractivity contribution in [1.82, 2.24) is 0 Å². The molecule has 0 bridgehead atoms. The van der Waals surface area contributed by atoms with Gasteiger partial charge in [0.05, 0.1) is 0 Å². The van der Waals surface area contributed by atoms with Gasteiger partial charge in [0.1, 0.15) is 5.75 Å². The Morgan fingerprint density at radius 2 is 2.18 bits per heavy atom. The Morgan fingerprint density at radius 3 is 2.73 bits per heavy atom. The largest absolute Gasteiger partial charge is 0.508 e. The predicted octanol–water partition coefficient (Wildman–Crippen LogP) is 2.73. The third-order valence-corrected chi connectivity index (χ3v) is 2.43. The van der Waals surface area contributed by atoms with Gasteiger partial charge in [-0.1, -0.05) is 11.6 Å². The van der Waals surface area contributed by atoms with Crippen molar-refractivity contribution < 1.29 is 5.11 Å². The minimum absolute atomic E-state index is 0.321. The third-order valence-electron chi connectivity index (χ3n) is 1.58. The molecule has 1 N–H and O–H groups in total. The van der Waals surface area contributed by atoms with Gasteiger partial charge in [0.25, 0.3) is 0 Å². The summed E-state index contributed by atoms with van der Waals surface area (Å²) in [5, 5.41) is 10.1. The van der Waals surface area contributed by atoms with E-state index < -0.39 is 0 Å². The van der Waals surface area contributed by atoms with Gasteiger partial charge in [-0.3, -0.25) is 0 Å². The molecule has 1 rings (SSSR count). The van der Waals surface area contributed by atoms with E-state index in [1.165, 1.54) is 0 Å². The number of hydrogen-bond acceptors (Lipinski definition) is 1. The van der Waals surface area contributed by atoms with E-state index in [0.29, 0.717) is 10.8 Å². The van der Waals surface area contributed by atoms with Crippen LogP contribution in [0.3, 0.4) is 0 Å². The zero-order valence-electron chi connectivity index (χ0n) is 6.26. The zero-order chi connectivity index (χ0) is 8.43. The highest BCUT2D eigenvalue weighted by atomic mass is 35.5. The van der Waals surface area contributed by atoms with Gasteiger partial charge in [0, 0.05) is 5.02 Å². The van der Waals surface area contributed by atoms with Gasteiger partial charge in [-0.15, -0.1) is 9.24 Å². The quantitative estimate of drug-likeness (QED) is 0.672. The number of rotatable bonds is 1. The molecule has 1 nitrogen and oxygen atoms in total. The Morgan fingerprint density at radius 1 is 1.55 bits per heavy atom. The van der Waals surface area contributed by atoms with E-state index in [1.807, 2.05) is 6.92 Å². The second kappa shape index (κ2) is 3.42. The molecule has 1 aromatic rings. The highest BCUT2D eigenvalue weighted by molar-refractivity contribution is 7.15. The van der Waals surface area contributed by atoms with E-state index in [1.54, 1.807) is 12.1 Å². The Hall–Kier alpha value is -0.260. The van der Waals surface area contributed by atoms with Crippen molar-refractivity contribution in [3.63, 3.8) is 0 Å². The van der Waals surface area contributed by atoms with Crippen LogP contribution < -0.4 is 0 Å². The van der Waals surface area contributed by atoms with Gasteiger partial charge >= 0.3 is 0 Å². The topological polar surface area (TPSA) is 20.2 Å². The Bertz CT molecular complexity index is 273. The second-order valence-corrected chi connectivity index (χ2v) is 3.25. The van der Waals surface area contributed by atoms with Gasteiger partial charge in [-0.05, 0) is 36.3 Å². The van der Waals surface area contributed by atoms with E-state index in [4.69, 9.17) is 11.6 Å². The molecule has 1 atom stereocenters. The molecule has 0 saturated heterocycles. The summed E-state index contributed by atoms with van der Waals surface area (Å²) in [5.41, 5.74) is 1.77. The highest BCUT2D eigenvalue weighted by Crippen LogP contribution is 2.26. The number of aryl methyl sites for hydroxylation is 1. The van der Waals surface area contributed by atoms with Gasteiger partial charge in [0.2, 0.25) is 0 Å². The van der Waals surface area contributed by atoms with Crippen molar-refractivity contribution in [2.45, 2.75) is 13.1 Å². The second-order valence-electron chi connectivity index (χ2n) is 2.43. The van der Waals surface area contributed by atoms with Gasteiger partial charge in [-0.2, -0.15) is 0 Å². The summed E-state index contributed by atoms with van der Waals surface area (Å²) in [4.78, 5) is 0. The first-order valence-corrected chi connectivity index (χ1v) is 4.52. The first-order valence-electron chi connectivity index (χ1n) is 3.33. The summed E-state index contributed by atoms with van der Waals surface area (Å²) in [7, 11) is 2.55. The molecule has 0 radical (unpaired) electrons. The van der Waals surface area contributed by atoms with Crippen LogP contribution in [0.25, 0.3) is 0 Å². The van der Waals surface area contributed by atoms with Crippen molar-refractivity contribution >= 4 is 20.8 Å². The summed E-state index contributed by atoms with van der Waals surface area (Å²) in [6.07, 6.45) is 0.728. The van der Waals surface area contributed by atoms with Crippen LogP contribution in [0, 0.1) is 6.92 Å². The van der Waals surface area contributed by atoms with Crippen LogP contribution >= 0.6 is 20.8 Å². The maximum absolute atomic E-state index is 9.34. The first-order chi connectivity index (χ1) is 5.15. The maximum atomic E-state index is 9.34. The van der Waals surface area contributed by atoms with Crippen molar-refractivity contribution in [2.75, 3.05) is 0 Å². The number of aromatic hydroxyl groups is 1. The molecule has 1 aromatic carbocycles. The van der Waals surface area contributed by atoms with E-state index in [9.17, 15) is 5.11 Å². The third kappa shape index (κ3) is 1.85. The Labute approximate surface area is 73.6 Å². The fourth-order valence-corrected chi connectivity index (χ4v) is 1.38. The van der Waals surface area contributed by atoms with Crippen molar-refractivity contribution in [2.24, 2.45) is 0 Å². The highest BCUT2D eigenvalue weighted by Gasteiger charge is 2.02. The van der Waals surface area contributed by atoms with Crippen LogP contribution in [-0.2, 0) is 6.16 Å². The number of halogens is 1. The average Bonchev–Trinajstić information content (AvgIpc) is 1.97. The van der Waals surface area contributed by atoms with Gasteiger partial charge < -0.3 is 5.11 Å². The summed E-state index contributed by atoms with van der Waals surface area (Å²) < 4.78 is 0. The maximum Gasteiger partial charge on any atom is 0.119 e. The predicted molar refractivity (Wildman–Crippen MR) is 51.3 cm³/mol. The molecule has 0 heterocycles. The lowest BCUT2D eigenvalue weighted by atomic mass is 10.1.